The fourth-order valence-corrected chi connectivity index (χ4v) is 13.4. The molecule has 3 saturated heterocycles. The first-order valence-corrected chi connectivity index (χ1v) is 28.7. The molecule has 6 aromatic rings. The molecule has 16 atom stereocenters. The summed E-state index contributed by atoms with van der Waals surface area (Å²) in [4.78, 5) is 107. The number of methoxy groups -OCH3 is 2. The number of ether oxygens (including phenoxy) is 6. The fourth-order valence-electron chi connectivity index (χ4n) is 8.92. The van der Waals surface area contributed by atoms with Gasteiger partial charge in [-0.05, 0) is 0 Å². The molecule has 3 fully saturated rings. The van der Waals surface area contributed by atoms with Crippen LogP contribution in [0.5, 0.6) is 0 Å². The van der Waals surface area contributed by atoms with E-state index in [-0.39, 0.29) is 58.8 Å². The zero-order valence-electron chi connectivity index (χ0n) is 41.1. The van der Waals surface area contributed by atoms with Crippen molar-refractivity contribution in [1.82, 2.24) is 53.6 Å². The standard InChI is InChI=1S/C35H49N15O26P4/c1-47-10-50(26-18(47)29(56)46-35(38)43-26)30-19(51)12(4-67-11-65-2)13(71-30)5-69-78(59,60)75-80(63,64)76-79(61,62)70-7-15-22(23(66-3)32(73-15)49-9-40-17-25(49)42-34(37)45-28(17)55)74-77(57,58)68-6-14-20(52)21(53)31(72-14)48-8-39-16-24(48)41-33(36)44-27(16)54/h8-10,12-15,19-23,30-32,51-53H,4-7,11H2,1-3H3,(H12-,36,37,38,41,42,43,44,45,46,54,55,56,57,58,59,60,61,62,63,64)/p+1/t12-,13-,14-,15-,19-,20-,21-,22-,23-,30?,31-,32-/m1/s1. The lowest BCUT2D eigenvalue weighted by Gasteiger charge is -2.26. The highest BCUT2D eigenvalue weighted by atomic mass is 31.3. The maximum atomic E-state index is 13.7. The molecule has 80 heavy (non-hydrogen) atoms. The van der Waals surface area contributed by atoms with Crippen molar-refractivity contribution in [3.05, 3.63) is 50.0 Å². The number of nitrogens with two attached hydrogens (primary N) is 3. The van der Waals surface area contributed by atoms with E-state index in [0.717, 1.165) is 28.9 Å². The zero-order valence-corrected chi connectivity index (χ0v) is 44.7. The second kappa shape index (κ2) is 22.7. The molecule has 0 spiro atoms. The summed E-state index contributed by atoms with van der Waals surface area (Å²) in [5.74, 6) is -2.14. The van der Waals surface area contributed by atoms with Crippen molar-refractivity contribution < 1.29 is 113 Å². The Labute approximate surface area is 443 Å². The van der Waals surface area contributed by atoms with Gasteiger partial charge in [0.15, 0.2) is 34.8 Å². The molecule has 45 heteroatoms. The van der Waals surface area contributed by atoms with Crippen molar-refractivity contribution >= 4 is 82.6 Å². The van der Waals surface area contributed by atoms with E-state index in [1.165, 1.54) is 29.6 Å². The van der Waals surface area contributed by atoms with Crippen molar-refractivity contribution in [3.8, 4) is 0 Å². The predicted molar refractivity (Wildman–Crippen MR) is 257 cm³/mol. The lowest BCUT2D eigenvalue weighted by atomic mass is 9.99. The monoisotopic (exact) mass is 1220 g/mol. The minimum Gasteiger partial charge on any atom is -0.387 e. The number of aliphatic hydroxyl groups is 3. The minimum absolute atomic E-state index is 0.0116. The van der Waals surface area contributed by atoms with Crippen LogP contribution < -0.4 is 38.4 Å². The molecule has 0 amide bonds. The van der Waals surface area contributed by atoms with Gasteiger partial charge in [0.2, 0.25) is 30.4 Å². The summed E-state index contributed by atoms with van der Waals surface area (Å²) >= 11 is 0. The van der Waals surface area contributed by atoms with Gasteiger partial charge in [0.1, 0.15) is 49.5 Å². The number of aromatic amines is 3. The number of rotatable bonds is 23. The normalized spacial score (nSPS) is 29.3. The van der Waals surface area contributed by atoms with E-state index in [9.17, 15) is 67.5 Å². The molecule has 9 heterocycles. The van der Waals surface area contributed by atoms with Crippen LogP contribution in [0, 0.1) is 5.92 Å². The molecule has 0 bridgehead atoms. The topological polar surface area (TPSA) is 580 Å². The fraction of sp³-hybridized carbons (Fsp3) is 0.571. The number of aryl methyl sites for hydroxylation is 1. The Kier molecular flexibility index (Phi) is 16.8. The van der Waals surface area contributed by atoms with E-state index in [4.69, 9.17) is 63.7 Å². The second-order valence-corrected chi connectivity index (χ2v) is 23.7. The van der Waals surface area contributed by atoms with Crippen LogP contribution in [0.4, 0.5) is 17.8 Å². The molecule has 9 rings (SSSR count). The van der Waals surface area contributed by atoms with E-state index in [1.54, 1.807) is 0 Å². The number of phosphoric acid groups is 4. The van der Waals surface area contributed by atoms with Crippen LogP contribution >= 0.6 is 31.3 Å². The molecule has 0 saturated carbocycles. The third-order valence-corrected chi connectivity index (χ3v) is 17.6. The Balaban J connectivity index is 0.881. The van der Waals surface area contributed by atoms with Gasteiger partial charge < -0.3 is 80.5 Å². The molecule has 6 aromatic heterocycles. The Morgan fingerprint density at radius 1 is 0.613 bits per heavy atom. The van der Waals surface area contributed by atoms with Crippen LogP contribution in [0.15, 0.2) is 33.4 Å². The molecule has 0 aliphatic carbocycles. The van der Waals surface area contributed by atoms with Gasteiger partial charge in [-0.1, -0.05) is 0 Å². The van der Waals surface area contributed by atoms with Crippen LogP contribution in [0.1, 0.15) is 18.7 Å². The maximum Gasteiger partial charge on any atom is 0.490 e. The van der Waals surface area contributed by atoms with E-state index < -0.39 is 147 Å². The summed E-state index contributed by atoms with van der Waals surface area (Å²) in [6.07, 6.45) is -14.8. The van der Waals surface area contributed by atoms with Crippen LogP contribution in [0.25, 0.3) is 33.5 Å². The van der Waals surface area contributed by atoms with E-state index in [2.05, 4.69) is 48.5 Å². The first kappa shape index (κ1) is 59.2. The number of nitrogens with one attached hydrogen (secondary N) is 3. The Morgan fingerprint density at radius 3 is 1.68 bits per heavy atom. The Bertz CT molecular complexity index is 3670. The van der Waals surface area contributed by atoms with Crippen molar-refractivity contribution in [2.75, 3.05) is 64.6 Å². The summed E-state index contributed by atoms with van der Waals surface area (Å²) < 4.78 is 120. The zero-order chi connectivity index (χ0) is 58.0. The molecule has 5 unspecified atom stereocenters. The second-order valence-electron chi connectivity index (χ2n) is 17.6. The van der Waals surface area contributed by atoms with Crippen LogP contribution in [-0.4, -0.2) is 185 Å². The number of aromatic nitrogens is 12. The van der Waals surface area contributed by atoms with E-state index in [0.29, 0.717) is 0 Å². The number of phosphoric ester groups is 3. The van der Waals surface area contributed by atoms with Crippen molar-refractivity contribution in [2.24, 2.45) is 13.0 Å². The summed E-state index contributed by atoms with van der Waals surface area (Å²) in [5.41, 5.74) is 14.0. The van der Waals surface area contributed by atoms with E-state index >= 15 is 0 Å². The Hall–Kier alpha value is -5.39. The van der Waals surface area contributed by atoms with Crippen molar-refractivity contribution in [2.45, 2.75) is 67.5 Å². The van der Waals surface area contributed by atoms with Crippen molar-refractivity contribution in [1.29, 1.82) is 0 Å². The molecule has 3 aliphatic heterocycles. The molecule has 0 radical (unpaired) electrons. The van der Waals surface area contributed by atoms with Crippen molar-refractivity contribution in [3.63, 3.8) is 0 Å². The predicted octanol–water partition coefficient (Wildman–Crippen LogP) is -4.54. The van der Waals surface area contributed by atoms with Gasteiger partial charge in [0.05, 0.1) is 52.2 Å². The number of nitrogens with zero attached hydrogens (tertiary/aromatic N) is 9. The number of anilines is 3. The quantitative estimate of drug-likeness (QED) is 0.0124. The summed E-state index contributed by atoms with van der Waals surface area (Å²) in [5, 5.41) is 33.2. The van der Waals surface area contributed by atoms with Crippen LogP contribution in [0.3, 0.4) is 0 Å². The third kappa shape index (κ3) is 12.2. The highest BCUT2D eigenvalue weighted by Gasteiger charge is 2.54. The third-order valence-electron chi connectivity index (χ3n) is 12.3. The summed E-state index contributed by atoms with van der Waals surface area (Å²) in [6.45, 7) is -3.99. The first-order chi connectivity index (χ1) is 37.6. The first-order valence-electron chi connectivity index (χ1n) is 22.8. The van der Waals surface area contributed by atoms with Crippen LogP contribution in [-0.2, 0) is 80.4 Å². The smallest absolute Gasteiger partial charge is 0.387 e. The lowest BCUT2D eigenvalue weighted by Crippen LogP contribution is -2.38. The number of H-pyrrole nitrogens is 3. The average Bonchev–Trinajstić information content (AvgIpc) is 4.21. The summed E-state index contributed by atoms with van der Waals surface area (Å²) in [6, 6.07) is 0. The molecule has 3 aliphatic rings. The average molecular weight is 1220 g/mol. The number of hydrogen-bond acceptors (Lipinski definition) is 30. The van der Waals surface area contributed by atoms with Gasteiger partial charge >= 0.3 is 36.9 Å². The molecule has 16 N–H and O–H groups in total. The van der Waals surface area contributed by atoms with Crippen LogP contribution in [0.2, 0.25) is 0 Å². The molecular formula is C35H50N15O26P4+. The van der Waals surface area contributed by atoms with E-state index in [1.807, 2.05) is 0 Å². The minimum atomic E-state index is -6.24. The van der Waals surface area contributed by atoms with Gasteiger partial charge in [-0.2, -0.15) is 28.1 Å². The SMILES string of the molecule is COCOC[C@@H]1[C@@H](COP(=O)(O)OP(=O)(O)OP(=O)(O)OC[C@H]2O[C@@H](n3cnc4c(=O)[nH]c(N)nc43)[C@H](OC)[C@@H]2OP(=O)(O)OC[C@H]2O[C@@H](n3cnc4c(=O)[nH]c(N)nc43)[C@H](O)[C@@H]2O)OC(n2c[n+](C)c3c(=O)[nH]c(N)nc32)[C@@H]1O. The molecule has 41 nitrogen and oxygen atoms in total. The molecule has 440 valence electrons. The number of fused-ring (bicyclic) bond motifs is 3. The number of hydrogen-bond donors (Lipinski definition) is 13. The summed E-state index contributed by atoms with van der Waals surface area (Å²) in [7, 11) is -19.8. The Morgan fingerprint density at radius 2 is 1.10 bits per heavy atom. The van der Waals surface area contributed by atoms with Gasteiger partial charge in [-0.15, -0.1) is 0 Å². The molecular weight excluding hydrogens is 1170 g/mol. The van der Waals surface area contributed by atoms with Gasteiger partial charge in [0, 0.05) is 20.1 Å². The van der Waals surface area contributed by atoms with Gasteiger partial charge in [-0.25, -0.2) is 32.8 Å². The largest absolute Gasteiger partial charge is 0.490 e. The highest BCUT2D eigenvalue weighted by Crippen LogP contribution is 2.68. The highest BCUT2D eigenvalue weighted by molar-refractivity contribution is 7.66. The molecule has 0 aromatic carbocycles. The van der Waals surface area contributed by atoms with Gasteiger partial charge in [-0.3, -0.25) is 56.6 Å². The number of nitrogen functional groups attached to an aromatic ring is 3. The van der Waals surface area contributed by atoms with Gasteiger partial charge in [0.25, 0.3) is 22.3 Å². The lowest BCUT2D eigenvalue weighted by molar-refractivity contribution is -0.646. The number of imidazole rings is 3. The maximum absolute atomic E-state index is 13.7. The number of aliphatic hydroxyl groups excluding tert-OH is 3.